The summed E-state index contributed by atoms with van der Waals surface area (Å²) in [5.74, 6) is 1.10. The van der Waals surface area contributed by atoms with Gasteiger partial charge in [-0.2, -0.15) is 5.26 Å². The lowest BCUT2D eigenvalue weighted by Crippen LogP contribution is -2.33. The van der Waals surface area contributed by atoms with Crippen molar-refractivity contribution in [3.05, 3.63) is 65.1 Å². The highest BCUT2D eigenvalue weighted by atomic mass is 16.6. The van der Waals surface area contributed by atoms with Gasteiger partial charge in [0.2, 0.25) is 5.91 Å². The first-order chi connectivity index (χ1) is 16.0. The summed E-state index contributed by atoms with van der Waals surface area (Å²) < 4.78 is 5.33. The van der Waals surface area contributed by atoms with Gasteiger partial charge in [-0.3, -0.25) is 9.69 Å². The Morgan fingerprint density at radius 3 is 2.58 bits per heavy atom. The number of fused-ring (bicyclic) bond motifs is 1. The lowest BCUT2D eigenvalue weighted by molar-refractivity contribution is -0.119. The van der Waals surface area contributed by atoms with Crippen LogP contribution in [0.5, 0.6) is 0 Å². The number of nitrogens with one attached hydrogen (secondary N) is 1. The van der Waals surface area contributed by atoms with Gasteiger partial charge >= 0.3 is 6.09 Å². The van der Waals surface area contributed by atoms with Crippen molar-refractivity contribution in [2.24, 2.45) is 11.8 Å². The molecule has 33 heavy (non-hydrogen) atoms. The summed E-state index contributed by atoms with van der Waals surface area (Å²) >= 11 is 0. The molecule has 2 aromatic rings. The number of pyridine rings is 1. The number of hydrogen-bond donors (Lipinski definition) is 1. The summed E-state index contributed by atoms with van der Waals surface area (Å²) in [5, 5.41) is 11.6. The topological polar surface area (TPSA) is 103 Å². The molecule has 1 N–H and O–H groups in total. The SMILES string of the molecule is [C-]#[N+]C1(c2ccc(N3C[C@H](CNC(C)=O)OC3=O)cc2)[C@@H]2CN(c3ccc(C#N)cn3)C[C@@H]21. The van der Waals surface area contributed by atoms with Crippen LogP contribution in [0.1, 0.15) is 18.1 Å². The van der Waals surface area contributed by atoms with E-state index in [1.807, 2.05) is 30.3 Å². The number of anilines is 2. The Labute approximate surface area is 191 Å². The quantitative estimate of drug-likeness (QED) is 0.713. The van der Waals surface area contributed by atoms with Crippen LogP contribution in [-0.2, 0) is 15.1 Å². The summed E-state index contributed by atoms with van der Waals surface area (Å²) in [6.07, 6.45) is 0.747. The maximum atomic E-state index is 12.3. The molecule has 5 rings (SSSR count). The average molecular weight is 442 g/mol. The van der Waals surface area contributed by atoms with Crippen LogP contribution in [0, 0.1) is 29.7 Å². The molecular weight excluding hydrogens is 420 g/mol. The number of carbonyl (C=O) groups is 2. The van der Waals surface area contributed by atoms with Gasteiger partial charge in [0.25, 0.3) is 5.54 Å². The number of aromatic nitrogens is 1. The second kappa shape index (κ2) is 7.79. The molecule has 166 valence electrons. The highest BCUT2D eigenvalue weighted by Gasteiger charge is 2.76. The summed E-state index contributed by atoms with van der Waals surface area (Å²) in [6.45, 7) is 11.5. The third-order valence-electron chi connectivity index (χ3n) is 6.82. The van der Waals surface area contributed by atoms with Crippen molar-refractivity contribution in [1.29, 1.82) is 5.26 Å². The van der Waals surface area contributed by atoms with E-state index in [-0.39, 0.29) is 30.4 Å². The van der Waals surface area contributed by atoms with E-state index in [0.29, 0.717) is 17.8 Å². The predicted octanol–water partition coefficient (Wildman–Crippen LogP) is 2.30. The molecule has 0 spiro atoms. The van der Waals surface area contributed by atoms with Crippen LogP contribution < -0.4 is 15.1 Å². The van der Waals surface area contributed by atoms with Crippen molar-refractivity contribution in [1.82, 2.24) is 10.3 Å². The molecule has 0 bridgehead atoms. The van der Waals surface area contributed by atoms with E-state index >= 15 is 0 Å². The first-order valence-corrected chi connectivity index (χ1v) is 10.8. The van der Waals surface area contributed by atoms with Gasteiger partial charge in [0.1, 0.15) is 18.0 Å². The van der Waals surface area contributed by atoms with Crippen molar-refractivity contribution in [2.45, 2.75) is 18.6 Å². The number of amides is 2. The van der Waals surface area contributed by atoms with E-state index in [4.69, 9.17) is 16.6 Å². The lowest BCUT2D eigenvalue weighted by atomic mass is 9.99. The van der Waals surface area contributed by atoms with Gasteiger partial charge in [-0.1, -0.05) is 0 Å². The Kier molecular flexibility index (Phi) is 4.90. The molecule has 2 amide bonds. The van der Waals surface area contributed by atoms with Gasteiger partial charge in [0, 0.05) is 37.5 Å². The molecule has 9 nitrogen and oxygen atoms in total. The van der Waals surface area contributed by atoms with Crippen molar-refractivity contribution in [3.63, 3.8) is 0 Å². The highest BCUT2D eigenvalue weighted by Crippen LogP contribution is 2.65. The zero-order valence-corrected chi connectivity index (χ0v) is 18.1. The second-order valence-corrected chi connectivity index (χ2v) is 8.67. The van der Waals surface area contributed by atoms with Crippen LogP contribution >= 0.6 is 0 Å². The van der Waals surface area contributed by atoms with E-state index in [9.17, 15) is 9.59 Å². The van der Waals surface area contributed by atoms with Crippen LogP contribution in [0.4, 0.5) is 16.3 Å². The minimum Gasteiger partial charge on any atom is -0.442 e. The number of nitrogens with zero attached hydrogens (tertiary/aromatic N) is 5. The van der Waals surface area contributed by atoms with Crippen molar-refractivity contribution in [3.8, 4) is 6.07 Å². The Morgan fingerprint density at radius 2 is 2.00 bits per heavy atom. The maximum Gasteiger partial charge on any atom is 0.414 e. The van der Waals surface area contributed by atoms with Crippen LogP contribution in [0.15, 0.2) is 42.6 Å². The smallest absolute Gasteiger partial charge is 0.414 e. The minimum absolute atomic E-state index is 0.165. The highest BCUT2D eigenvalue weighted by molar-refractivity contribution is 5.89. The second-order valence-electron chi connectivity index (χ2n) is 8.67. The number of piperidine rings is 1. The minimum atomic E-state index is -0.541. The molecule has 1 aliphatic carbocycles. The zero-order valence-electron chi connectivity index (χ0n) is 18.1. The Balaban J connectivity index is 1.26. The fraction of sp³-hybridized carbons (Fsp3) is 0.375. The standard InChI is InChI=1S/C24H22N6O3/c1-15(31)27-11-19-12-30(23(32)33-19)18-6-4-17(5-7-18)24(26-2)20-13-29(14-21(20)24)22-8-3-16(9-25)10-28-22/h3-8,10,19-21H,11-14H2,1H3,(H,27,31)/t19-,20-,21+,24?/m0/s1. The zero-order chi connectivity index (χ0) is 23.2. The first kappa shape index (κ1) is 20.8. The van der Waals surface area contributed by atoms with Crippen LogP contribution in [0.3, 0.4) is 0 Å². The number of ether oxygens (including phenoxy) is 1. The van der Waals surface area contributed by atoms with Crippen LogP contribution in [0.2, 0.25) is 0 Å². The van der Waals surface area contributed by atoms with Crippen molar-refractivity contribution < 1.29 is 14.3 Å². The van der Waals surface area contributed by atoms with E-state index in [1.54, 1.807) is 17.2 Å². The van der Waals surface area contributed by atoms with Gasteiger partial charge in [-0.15, -0.1) is 0 Å². The predicted molar refractivity (Wildman–Crippen MR) is 119 cm³/mol. The number of benzene rings is 1. The van der Waals surface area contributed by atoms with Crippen LogP contribution in [0.25, 0.3) is 4.85 Å². The molecule has 9 heteroatoms. The van der Waals surface area contributed by atoms with Gasteiger partial charge in [0.15, 0.2) is 0 Å². The van der Waals surface area contributed by atoms with Gasteiger partial charge in [-0.05, 0) is 36.4 Å². The lowest BCUT2D eigenvalue weighted by Gasteiger charge is -2.22. The molecule has 2 aliphatic heterocycles. The van der Waals surface area contributed by atoms with Gasteiger partial charge in [-0.25, -0.2) is 16.4 Å². The molecule has 3 aliphatic rings. The molecule has 0 radical (unpaired) electrons. The normalized spacial score (nSPS) is 27.4. The summed E-state index contributed by atoms with van der Waals surface area (Å²) in [6, 6.07) is 13.3. The first-order valence-electron chi connectivity index (χ1n) is 10.8. The number of cyclic esters (lactones) is 1. The summed E-state index contributed by atoms with van der Waals surface area (Å²) in [4.78, 5) is 35.5. The molecule has 2 saturated heterocycles. The fourth-order valence-corrected chi connectivity index (χ4v) is 5.09. The van der Waals surface area contributed by atoms with Crippen molar-refractivity contribution in [2.75, 3.05) is 36.0 Å². The Morgan fingerprint density at radius 1 is 1.27 bits per heavy atom. The molecule has 3 fully saturated rings. The summed E-state index contributed by atoms with van der Waals surface area (Å²) in [5.41, 5.74) is 1.66. The molecule has 1 saturated carbocycles. The van der Waals surface area contributed by atoms with E-state index in [0.717, 1.165) is 24.5 Å². The van der Waals surface area contributed by atoms with Crippen LogP contribution in [-0.4, -0.2) is 49.3 Å². The Bertz CT molecular complexity index is 1170. The number of nitriles is 1. The molecular formula is C24H22N6O3. The number of rotatable bonds is 5. The summed E-state index contributed by atoms with van der Waals surface area (Å²) in [7, 11) is 0. The van der Waals surface area contributed by atoms with Gasteiger partial charge < -0.3 is 19.8 Å². The number of hydrogen-bond acceptors (Lipinski definition) is 6. The third-order valence-corrected chi connectivity index (χ3v) is 6.82. The van der Waals surface area contributed by atoms with Crippen molar-refractivity contribution >= 4 is 23.5 Å². The molecule has 1 aromatic heterocycles. The van der Waals surface area contributed by atoms with Gasteiger partial charge in [0.05, 0.1) is 30.5 Å². The molecule has 1 unspecified atom stereocenters. The monoisotopic (exact) mass is 442 g/mol. The van der Waals surface area contributed by atoms with E-state index in [1.165, 1.54) is 6.92 Å². The Hall–Kier alpha value is -4.11. The maximum absolute atomic E-state index is 12.3. The van der Waals surface area contributed by atoms with E-state index < -0.39 is 11.6 Å². The largest absolute Gasteiger partial charge is 0.442 e. The average Bonchev–Trinajstić information content (AvgIpc) is 3.11. The van der Waals surface area contributed by atoms with E-state index in [2.05, 4.69) is 26.1 Å². The molecule has 1 aromatic carbocycles. The fourth-order valence-electron chi connectivity index (χ4n) is 5.09. The number of carbonyl (C=O) groups excluding carboxylic acids is 2. The molecule has 3 heterocycles. The molecule has 4 atom stereocenters. The third kappa shape index (κ3) is 3.42.